The summed E-state index contributed by atoms with van der Waals surface area (Å²) in [7, 11) is 0. The minimum Gasteiger partial charge on any atom is -0.228 e. The highest BCUT2D eigenvalue weighted by molar-refractivity contribution is 5.88. The van der Waals surface area contributed by atoms with Crippen LogP contribution in [0.25, 0.3) is 34.7 Å². The average Bonchev–Trinajstić information content (AvgIpc) is 3.17. The standard InChI is InChI=1S/C46H36N2/c1-3-14-33(15-4-1)42-30-43(48-46(47-42)35-16-5-2-6-17-35)45-40-21-11-9-19-38(40)44(39-20-10-12-22-41(39)45)34-26-23-32(24-27-34)37-28-25-31-13-7-8-18-36(31)29-37/h1-3,5-14,16-27,29-30,37-38,44H,4,15,28H2. The number of aromatic nitrogens is 2. The number of hydrogen-bond donors (Lipinski definition) is 0. The minimum atomic E-state index is 0.197. The van der Waals surface area contributed by atoms with E-state index in [1.807, 2.05) is 6.07 Å². The van der Waals surface area contributed by atoms with E-state index in [1.54, 1.807) is 0 Å². The summed E-state index contributed by atoms with van der Waals surface area (Å²) in [5.74, 6) is 1.57. The molecular weight excluding hydrogens is 581 g/mol. The number of allylic oxidation sites excluding steroid dienone is 9. The number of fused-ring (bicyclic) bond motifs is 3. The van der Waals surface area contributed by atoms with Gasteiger partial charge in [-0.05, 0) is 69.2 Å². The Hall–Kier alpha value is -5.60. The van der Waals surface area contributed by atoms with Crippen molar-refractivity contribution in [1.29, 1.82) is 0 Å². The van der Waals surface area contributed by atoms with E-state index in [-0.39, 0.29) is 11.8 Å². The Bertz CT molecular complexity index is 2320. The maximum atomic E-state index is 5.31. The lowest BCUT2D eigenvalue weighted by Gasteiger charge is -2.36. The second kappa shape index (κ2) is 12.2. The first-order chi connectivity index (χ1) is 23.8. The quantitative estimate of drug-likeness (QED) is 0.197. The fourth-order valence-corrected chi connectivity index (χ4v) is 7.96. The second-order valence-electron chi connectivity index (χ2n) is 13.2. The lowest BCUT2D eigenvalue weighted by molar-refractivity contribution is 0.648. The molecule has 2 nitrogen and oxygen atoms in total. The van der Waals surface area contributed by atoms with E-state index in [9.17, 15) is 0 Å². The summed E-state index contributed by atoms with van der Waals surface area (Å²) in [5, 5.41) is 2.68. The van der Waals surface area contributed by atoms with Crippen LogP contribution in [0.2, 0.25) is 0 Å². The van der Waals surface area contributed by atoms with Crippen LogP contribution < -0.4 is 10.4 Å². The van der Waals surface area contributed by atoms with Gasteiger partial charge in [-0.1, -0.05) is 158 Å². The molecule has 3 unspecified atom stereocenters. The van der Waals surface area contributed by atoms with E-state index in [0.717, 1.165) is 42.0 Å². The van der Waals surface area contributed by atoms with Gasteiger partial charge in [0.25, 0.3) is 0 Å². The fourth-order valence-electron chi connectivity index (χ4n) is 7.96. The molecule has 1 aromatic heterocycles. The van der Waals surface area contributed by atoms with Crippen molar-refractivity contribution in [1.82, 2.24) is 9.97 Å². The summed E-state index contributed by atoms with van der Waals surface area (Å²) in [6.07, 6.45) is 23.6. The fraction of sp³-hybridized carbons (Fsp3) is 0.130. The Labute approximate surface area is 282 Å². The van der Waals surface area contributed by atoms with Gasteiger partial charge in [0.15, 0.2) is 5.82 Å². The van der Waals surface area contributed by atoms with Crippen molar-refractivity contribution < 1.29 is 0 Å². The summed E-state index contributed by atoms with van der Waals surface area (Å²) < 4.78 is 0. The summed E-state index contributed by atoms with van der Waals surface area (Å²) >= 11 is 0. The normalized spacial score (nSPS) is 20.6. The molecule has 0 saturated carbocycles. The van der Waals surface area contributed by atoms with Gasteiger partial charge in [-0.25, -0.2) is 9.97 Å². The van der Waals surface area contributed by atoms with E-state index in [2.05, 4.69) is 158 Å². The molecule has 9 rings (SSSR count). The smallest absolute Gasteiger partial charge is 0.160 e. The van der Waals surface area contributed by atoms with Crippen LogP contribution >= 0.6 is 0 Å². The van der Waals surface area contributed by atoms with Crippen LogP contribution in [0.3, 0.4) is 0 Å². The molecule has 0 radical (unpaired) electrons. The first-order valence-electron chi connectivity index (χ1n) is 17.2. The van der Waals surface area contributed by atoms with Crippen molar-refractivity contribution in [2.75, 3.05) is 0 Å². The van der Waals surface area contributed by atoms with Crippen molar-refractivity contribution in [2.24, 2.45) is 5.92 Å². The van der Waals surface area contributed by atoms with E-state index in [0.29, 0.717) is 5.92 Å². The Balaban J connectivity index is 1.16. The predicted molar refractivity (Wildman–Crippen MR) is 198 cm³/mol. The first kappa shape index (κ1) is 28.6. The topological polar surface area (TPSA) is 25.8 Å². The Morgan fingerprint density at radius 3 is 2.29 bits per heavy atom. The third-order valence-corrected chi connectivity index (χ3v) is 10.3. The molecule has 0 amide bonds. The van der Waals surface area contributed by atoms with Gasteiger partial charge in [0, 0.05) is 28.9 Å². The monoisotopic (exact) mass is 616 g/mol. The van der Waals surface area contributed by atoms with Gasteiger partial charge in [0.2, 0.25) is 0 Å². The minimum absolute atomic E-state index is 0.197. The molecule has 0 saturated heterocycles. The van der Waals surface area contributed by atoms with Gasteiger partial charge in [-0.3, -0.25) is 0 Å². The summed E-state index contributed by atoms with van der Waals surface area (Å²) in [5.41, 5.74) is 12.1. The zero-order valence-corrected chi connectivity index (χ0v) is 26.8. The van der Waals surface area contributed by atoms with Crippen LogP contribution in [0.5, 0.6) is 0 Å². The molecule has 0 bridgehead atoms. The van der Waals surface area contributed by atoms with Crippen molar-refractivity contribution in [3.05, 3.63) is 201 Å². The molecule has 3 atom stereocenters. The zero-order valence-electron chi connectivity index (χ0n) is 26.8. The van der Waals surface area contributed by atoms with Crippen molar-refractivity contribution in [2.45, 2.75) is 31.1 Å². The Morgan fingerprint density at radius 1 is 0.667 bits per heavy atom. The number of benzene rings is 4. The third kappa shape index (κ3) is 5.15. The van der Waals surface area contributed by atoms with Crippen LogP contribution in [-0.4, -0.2) is 9.97 Å². The molecule has 230 valence electrons. The molecule has 0 N–H and O–H groups in total. The van der Waals surface area contributed by atoms with Crippen molar-refractivity contribution in [3.8, 4) is 11.4 Å². The van der Waals surface area contributed by atoms with Gasteiger partial charge in [-0.2, -0.15) is 0 Å². The number of nitrogens with zero attached hydrogens (tertiary/aromatic N) is 2. The van der Waals surface area contributed by atoms with Crippen LogP contribution in [0, 0.1) is 5.92 Å². The largest absolute Gasteiger partial charge is 0.228 e. The van der Waals surface area contributed by atoms with Crippen LogP contribution in [0.4, 0.5) is 0 Å². The molecule has 1 heterocycles. The van der Waals surface area contributed by atoms with Gasteiger partial charge < -0.3 is 0 Å². The number of hydrogen-bond acceptors (Lipinski definition) is 2. The van der Waals surface area contributed by atoms with E-state index in [4.69, 9.17) is 9.97 Å². The van der Waals surface area contributed by atoms with Crippen molar-refractivity contribution in [3.63, 3.8) is 0 Å². The van der Waals surface area contributed by atoms with E-state index >= 15 is 0 Å². The lowest BCUT2D eigenvalue weighted by Crippen LogP contribution is -2.27. The summed E-state index contributed by atoms with van der Waals surface area (Å²) in [6, 6.07) is 39.8. The molecule has 0 fully saturated rings. The molecule has 2 heteroatoms. The molecule has 4 aliphatic carbocycles. The highest BCUT2D eigenvalue weighted by atomic mass is 14.9. The average molecular weight is 617 g/mol. The van der Waals surface area contributed by atoms with Crippen molar-refractivity contribution >= 4 is 23.3 Å². The molecule has 4 aliphatic rings. The number of rotatable bonds is 5. The SMILES string of the molecule is C1=CCCC(c2cc(C3=C4C=CC=CC4C(c4ccc(C5C=c6ccccc6=CC5)cc4)c4ccccc43)nc(-c3ccccc3)n2)=C1. The molecule has 48 heavy (non-hydrogen) atoms. The summed E-state index contributed by atoms with van der Waals surface area (Å²) in [4.78, 5) is 10.4. The van der Waals surface area contributed by atoms with Gasteiger partial charge in [0.1, 0.15) is 0 Å². The molecular formula is C46H36N2. The lowest BCUT2D eigenvalue weighted by atomic mass is 9.67. The third-order valence-electron chi connectivity index (χ3n) is 10.3. The highest BCUT2D eigenvalue weighted by Crippen LogP contribution is 2.50. The Kier molecular flexibility index (Phi) is 7.28. The molecule has 5 aromatic rings. The van der Waals surface area contributed by atoms with E-state index < -0.39 is 0 Å². The second-order valence-corrected chi connectivity index (χ2v) is 13.2. The molecule has 4 aromatic carbocycles. The van der Waals surface area contributed by atoms with Gasteiger partial charge >= 0.3 is 0 Å². The van der Waals surface area contributed by atoms with Gasteiger partial charge in [0.05, 0.1) is 11.4 Å². The highest BCUT2D eigenvalue weighted by Gasteiger charge is 2.36. The maximum Gasteiger partial charge on any atom is 0.160 e. The van der Waals surface area contributed by atoms with Crippen LogP contribution in [0.15, 0.2) is 157 Å². The van der Waals surface area contributed by atoms with Gasteiger partial charge in [-0.15, -0.1) is 0 Å². The van der Waals surface area contributed by atoms with Crippen LogP contribution in [0.1, 0.15) is 64.7 Å². The Morgan fingerprint density at radius 2 is 1.44 bits per heavy atom. The maximum absolute atomic E-state index is 5.31. The zero-order chi connectivity index (χ0) is 31.9. The first-order valence-corrected chi connectivity index (χ1v) is 17.2. The molecule has 0 spiro atoms. The van der Waals surface area contributed by atoms with E-state index in [1.165, 1.54) is 49.4 Å². The summed E-state index contributed by atoms with van der Waals surface area (Å²) in [6.45, 7) is 0. The predicted octanol–water partition coefficient (Wildman–Crippen LogP) is 9.32. The molecule has 0 aliphatic heterocycles. The van der Waals surface area contributed by atoms with Crippen LogP contribution in [-0.2, 0) is 0 Å².